The van der Waals surface area contributed by atoms with Crippen molar-refractivity contribution in [3.63, 3.8) is 0 Å². The number of nitrogens with one attached hydrogen (secondary N) is 3. The van der Waals surface area contributed by atoms with Crippen LogP contribution in [0.5, 0.6) is 0 Å². The van der Waals surface area contributed by atoms with Crippen LogP contribution in [0, 0.1) is 16.6 Å². The molecule has 1 aliphatic heterocycles. The van der Waals surface area contributed by atoms with Gasteiger partial charge in [-0.05, 0) is 55.3 Å². The summed E-state index contributed by atoms with van der Waals surface area (Å²) in [4.78, 5) is 17.5. The Balaban J connectivity index is 1.71. The van der Waals surface area contributed by atoms with Gasteiger partial charge in [0, 0.05) is 35.7 Å². The van der Waals surface area contributed by atoms with Crippen LogP contribution in [0.25, 0.3) is 0 Å². The zero-order chi connectivity index (χ0) is 18.9. The Bertz CT molecular complexity index is 933. The van der Waals surface area contributed by atoms with Gasteiger partial charge >= 0.3 is 0 Å². The highest BCUT2D eigenvalue weighted by atomic mass is 32.1. The summed E-state index contributed by atoms with van der Waals surface area (Å²) in [7, 11) is 0. The second-order valence-corrected chi connectivity index (χ2v) is 7.63. The molecular formula is C20H19FN4OS. The molecule has 1 saturated heterocycles. The van der Waals surface area contributed by atoms with Crippen LogP contribution in [0.15, 0.2) is 58.8 Å². The fourth-order valence-corrected chi connectivity index (χ4v) is 4.41. The van der Waals surface area contributed by atoms with Crippen LogP contribution in [0.3, 0.4) is 0 Å². The number of ketones is 1. The van der Waals surface area contributed by atoms with Crippen molar-refractivity contribution in [2.45, 2.75) is 12.8 Å². The Morgan fingerprint density at radius 3 is 2.89 bits per heavy atom. The number of carbonyl (C=O) groups excluding carboxylic acids is 1. The molecule has 7 heteroatoms. The fourth-order valence-electron chi connectivity index (χ4n) is 3.73. The highest BCUT2D eigenvalue weighted by Crippen LogP contribution is 2.45. The lowest BCUT2D eigenvalue weighted by Gasteiger charge is -2.41. The van der Waals surface area contributed by atoms with Gasteiger partial charge in [0.1, 0.15) is 5.82 Å². The SMILES string of the molecule is N=CC1=C(Nc2ccc(F)cc2)C=C2CCNCC2(C(=O)c2nccs2)C1. The predicted molar refractivity (Wildman–Crippen MR) is 105 cm³/mol. The molecule has 0 amide bonds. The number of hydrogen-bond donors (Lipinski definition) is 3. The number of thiazole rings is 1. The molecule has 138 valence electrons. The molecule has 5 nitrogen and oxygen atoms in total. The van der Waals surface area contributed by atoms with E-state index in [0.717, 1.165) is 35.5 Å². The largest absolute Gasteiger partial charge is 0.355 e. The first kappa shape index (κ1) is 17.8. The second kappa shape index (κ2) is 7.17. The molecule has 0 saturated carbocycles. The summed E-state index contributed by atoms with van der Waals surface area (Å²) in [5, 5.41) is 16.8. The highest BCUT2D eigenvalue weighted by molar-refractivity contribution is 7.11. The van der Waals surface area contributed by atoms with Gasteiger partial charge in [-0.15, -0.1) is 11.3 Å². The first-order valence-electron chi connectivity index (χ1n) is 8.75. The number of rotatable bonds is 5. The molecule has 1 aliphatic carbocycles. The van der Waals surface area contributed by atoms with Gasteiger partial charge < -0.3 is 16.0 Å². The lowest BCUT2D eigenvalue weighted by molar-refractivity contribution is 0.0817. The van der Waals surface area contributed by atoms with Crippen molar-refractivity contribution in [1.29, 1.82) is 5.41 Å². The number of fused-ring (bicyclic) bond motifs is 1. The van der Waals surface area contributed by atoms with Crippen molar-refractivity contribution in [3.8, 4) is 0 Å². The molecule has 2 aliphatic rings. The van der Waals surface area contributed by atoms with Gasteiger partial charge in [-0.3, -0.25) is 4.79 Å². The number of benzene rings is 1. The summed E-state index contributed by atoms with van der Waals surface area (Å²) in [5.74, 6) is -0.286. The van der Waals surface area contributed by atoms with E-state index < -0.39 is 5.41 Å². The molecule has 4 rings (SSSR count). The summed E-state index contributed by atoms with van der Waals surface area (Å²) >= 11 is 1.35. The Morgan fingerprint density at radius 2 is 2.19 bits per heavy atom. The van der Waals surface area contributed by atoms with E-state index in [1.807, 2.05) is 6.08 Å². The lowest BCUT2D eigenvalue weighted by atomic mass is 9.66. The average molecular weight is 382 g/mol. The number of allylic oxidation sites excluding steroid dienone is 2. The van der Waals surface area contributed by atoms with E-state index in [1.54, 1.807) is 23.7 Å². The maximum absolute atomic E-state index is 13.3. The normalized spacial score (nSPS) is 22.0. The van der Waals surface area contributed by atoms with Gasteiger partial charge in [0.25, 0.3) is 0 Å². The number of hydrogen-bond acceptors (Lipinski definition) is 6. The Morgan fingerprint density at radius 1 is 1.37 bits per heavy atom. The molecule has 2 heterocycles. The quantitative estimate of drug-likeness (QED) is 0.543. The van der Waals surface area contributed by atoms with Crippen molar-refractivity contribution in [2.24, 2.45) is 5.41 Å². The van der Waals surface area contributed by atoms with E-state index in [1.165, 1.54) is 29.7 Å². The van der Waals surface area contributed by atoms with E-state index in [9.17, 15) is 9.18 Å². The number of Topliss-reactive ketones (excluding diaryl/α,β-unsaturated/α-hetero) is 1. The first-order chi connectivity index (χ1) is 13.1. The van der Waals surface area contributed by atoms with Gasteiger partial charge in [0.15, 0.2) is 5.01 Å². The van der Waals surface area contributed by atoms with Gasteiger partial charge in [-0.2, -0.15) is 0 Å². The smallest absolute Gasteiger partial charge is 0.203 e. The average Bonchev–Trinajstić information content (AvgIpc) is 3.23. The van der Waals surface area contributed by atoms with Crippen LogP contribution in [0.1, 0.15) is 22.6 Å². The third-order valence-corrected chi connectivity index (χ3v) is 5.90. The molecule has 2 aromatic rings. The van der Waals surface area contributed by atoms with Gasteiger partial charge in [0.05, 0.1) is 5.41 Å². The zero-order valence-corrected chi connectivity index (χ0v) is 15.4. The first-order valence-corrected chi connectivity index (χ1v) is 9.63. The molecule has 0 radical (unpaired) electrons. The maximum atomic E-state index is 13.3. The van der Waals surface area contributed by atoms with E-state index in [2.05, 4.69) is 15.6 Å². The number of piperidine rings is 1. The van der Waals surface area contributed by atoms with Gasteiger partial charge in [-0.25, -0.2) is 9.37 Å². The van der Waals surface area contributed by atoms with Crippen molar-refractivity contribution in [3.05, 3.63) is 69.6 Å². The Hall–Kier alpha value is -2.64. The zero-order valence-electron chi connectivity index (χ0n) is 14.6. The lowest BCUT2D eigenvalue weighted by Crippen LogP contribution is -2.49. The maximum Gasteiger partial charge on any atom is 0.203 e. The fraction of sp³-hybridized carbons (Fsp3) is 0.250. The summed E-state index contributed by atoms with van der Waals surface area (Å²) in [5.41, 5.74) is 2.64. The molecule has 1 aromatic heterocycles. The number of anilines is 1. The standard InChI is InChI=1S/C20H19FN4OS/c21-15-1-3-16(4-2-15)25-17-9-14-5-6-23-12-20(14,10-13(17)11-22)18(26)19-24-7-8-27-19/h1-4,7-9,11,22-23,25H,5-6,10,12H2. The van der Waals surface area contributed by atoms with Crippen molar-refractivity contribution in [1.82, 2.24) is 10.3 Å². The molecule has 0 spiro atoms. The van der Waals surface area contributed by atoms with Crippen LogP contribution < -0.4 is 10.6 Å². The number of carbonyl (C=O) groups is 1. The highest BCUT2D eigenvalue weighted by Gasteiger charge is 2.47. The van der Waals surface area contributed by atoms with Gasteiger partial charge in [0.2, 0.25) is 5.78 Å². The van der Waals surface area contributed by atoms with E-state index in [-0.39, 0.29) is 11.6 Å². The summed E-state index contributed by atoms with van der Waals surface area (Å²) in [6, 6.07) is 6.11. The summed E-state index contributed by atoms with van der Waals surface area (Å²) in [6.07, 6.45) is 6.13. The summed E-state index contributed by atoms with van der Waals surface area (Å²) in [6.45, 7) is 1.35. The minimum Gasteiger partial charge on any atom is -0.355 e. The molecular weight excluding hydrogens is 363 g/mol. The minimum absolute atomic E-state index is 0.0103. The molecule has 1 atom stereocenters. The Labute approximate surface area is 160 Å². The number of halogens is 1. The van der Waals surface area contributed by atoms with Crippen LogP contribution in [-0.4, -0.2) is 30.1 Å². The van der Waals surface area contributed by atoms with E-state index >= 15 is 0 Å². The minimum atomic E-state index is -0.697. The molecule has 3 N–H and O–H groups in total. The molecule has 1 unspecified atom stereocenters. The van der Waals surface area contributed by atoms with Crippen LogP contribution >= 0.6 is 11.3 Å². The van der Waals surface area contributed by atoms with E-state index in [0.29, 0.717) is 18.0 Å². The third kappa shape index (κ3) is 3.24. The summed E-state index contributed by atoms with van der Waals surface area (Å²) < 4.78 is 13.2. The van der Waals surface area contributed by atoms with Crippen molar-refractivity contribution in [2.75, 3.05) is 18.4 Å². The van der Waals surface area contributed by atoms with Crippen molar-refractivity contribution >= 4 is 29.0 Å². The van der Waals surface area contributed by atoms with Crippen molar-refractivity contribution < 1.29 is 9.18 Å². The molecule has 0 bridgehead atoms. The molecule has 1 fully saturated rings. The molecule has 27 heavy (non-hydrogen) atoms. The van der Waals surface area contributed by atoms with Crippen LogP contribution in [0.4, 0.5) is 10.1 Å². The second-order valence-electron chi connectivity index (χ2n) is 6.74. The Kier molecular flexibility index (Phi) is 4.72. The monoisotopic (exact) mass is 382 g/mol. The topological polar surface area (TPSA) is 77.9 Å². The third-order valence-electron chi connectivity index (χ3n) is 5.13. The predicted octanol–water partition coefficient (Wildman–Crippen LogP) is 3.79. The van der Waals surface area contributed by atoms with Crippen LogP contribution in [0.2, 0.25) is 0 Å². The van der Waals surface area contributed by atoms with Crippen LogP contribution in [-0.2, 0) is 0 Å². The van der Waals surface area contributed by atoms with Gasteiger partial charge in [-0.1, -0.05) is 5.57 Å². The number of aromatic nitrogens is 1. The van der Waals surface area contributed by atoms with E-state index in [4.69, 9.17) is 5.41 Å². The number of nitrogens with zero attached hydrogens (tertiary/aromatic N) is 1. The molecule has 1 aromatic carbocycles.